The van der Waals surface area contributed by atoms with E-state index in [0.29, 0.717) is 0 Å². The van der Waals surface area contributed by atoms with E-state index >= 15 is 0 Å². The lowest BCUT2D eigenvalue weighted by atomic mass is 10.1. The molecular formula is C6H14ClNO. The van der Waals surface area contributed by atoms with Crippen LogP contribution in [0.4, 0.5) is 0 Å². The third-order valence-corrected chi connectivity index (χ3v) is 2.26. The van der Waals surface area contributed by atoms with Crippen LogP contribution in [0.5, 0.6) is 0 Å². The Morgan fingerprint density at radius 2 is 1.89 bits per heavy atom. The lowest BCUT2D eigenvalue weighted by Gasteiger charge is -2.09. The molecule has 1 atom stereocenters. The normalized spacial score (nSPS) is 37.3. The van der Waals surface area contributed by atoms with Gasteiger partial charge in [-0.15, -0.1) is 12.4 Å². The Balaban J connectivity index is 0.000000640. The second kappa shape index (κ2) is 2.11. The minimum Gasteiger partial charge on any atom is -0.394 e. The summed E-state index contributed by atoms with van der Waals surface area (Å²) >= 11 is 0. The highest BCUT2D eigenvalue weighted by Crippen LogP contribution is 2.52. The van der Waals surface area contributed by atoms with Gasteiger partial charge >= 0.3 is 0 Å². The van der Waals surface area contributed by atoms with Crippen LogP contribution in [-0.4, -0.2) is 17.3 Å². The zero-order chi connectivity index (χ0) is 6.41. The van der Waals surface area contributed by atoms with Gasteiger partial charge in [0.2, 0.25) is 0 Å². The molecule has 56 valence electrons. The van der Waals surface area contributed by atoms with E-state index in [1.807, 2.05) is 0 Å². The van der Waals surface area contributed by atoms with E-state index in [2.05, 4.69) is 13.8 Å². The van der Waals surface area contributed by atoms with Crippen LogP contribution in [0.2, 0.25) is 0 Å². The van der Waals surface area contributed by atoms with Crippen LogP contribution in [0.25, 0.3) is 0 Å². The SMILES string of the molecule is CC1(C)CC1(N)CO.Cl. The molecule has 1 saturated carbocycles. The number of rotatable bonds is 1. The molecule has 0 heterocycles. The maximum atomic E-state index is 8.68. The second-order valence-electron chi connectivity index (χ2n) is 3.37. The second-order valence-corrected chi connectivity index (χ2v) is 3.37. The number of hydrogen-bond donors (Lipinski definition) is 2. The quantitative estimate of drug-likeness (QED) is 0.575. The number of hydrogen-bond acceptors (Lipinski definition) is 2. The van der Waals surface area contributed by atoms with Gasteiger partial charge in [0.25, 0.3) is 0 Å². The van der Waals surface area contributed by atoms with E-state index in [-0.39, 0.29) is 30.0 Å². The highest BCUT2D eigenvalue weighted by atomic mass is 35.5. The van der Waals surface area contributed by atoms with Crippen molar-refractivity contribution >= 4 is 12.4 Å². The van der Waals surface area contributed by atoms with Gasteiger partial charge in [-0.3, -0.25) is 0 Å². The Kier molecular flexibility index (Phi) is 2.16. The molecule has 3 N–H and O–H groups in total. The number of aliphatic hydroxyl groups is 1. The molecule has 0 saturated heterocycles. The molecule has 0 amide bonds. The van der Waals surface area contributed by atoms with Crippen LogP contribution in [0.3, 0.4) is 0 Å². The highest BCUT2D eigenvalue weighted by molar-refractivity contribution is 5.85. The van der Waals surface area contributed by atoms with E-state index in [1.54, 1.807) is 0 Å². The Hall–Kier alpha value is 0.210. The molecule has 0 aromatic heterocycles. The van der Waals surface area contributed by atoms with Gasteiger partial charge in [0.1, 0.15) is 0 Å². The molecule has 1 unspecified atom stereocenters. The van der Waals surface area contributed by atoms with Gasteiger partial charge in [0.15, 0.2) is 0 Å². The van der Waals surface area contributed by atoms with Crippen molar-refractivity contribution in [3.63, 3.8) is 0 Å². The first-order valence-electron chi connectivity index (χ1n) is 2.92. The van der Waals surface area contributed by atoms with Gasteiger partial charge < -0.3 is 10.8 Å². The summed E-state index contributed by atoms with van der Waals surface area (Å²) in [6, 6.07) is 0. The summed E-state index contributed by atoms with van der Waals surface area (Å²) in [5.41, 5.74) is 5.60. The Morgan fingerprint density at radius 3 is 1.89 bits per heavy atom. The summed E-state index contributed by atoms with van der Waals surface area (Å²) < 4.78 is 0. The molecule has 2 nitrogen and oxygen atoms in total. The first kappa shape index (κ1) is 9.21. The van der Waals surface area contributed by atoms with Crippen LogP contribution in [0, 0.1) is 5.41 Å². The van der Waals surface area contributed by atoms with Gasteiger partial charge in [0, 0.05) is 5.54 Å². The van der Waals surface area contributed by atoms with Crippen molar-refractivity contribution in [1.29, 1.82) is 0 Å². The zero-order valence-electron chi connectivity index (χ0n) is 5.85. The van der Waals surface area contributed by atoms with Crippen LogP contribution in [0.15, 0.2) is 0 Å². The largest absolute Gasteiger partial charge is 0.394 e. The molecule has 0 aromatic carbocycles. The highest BCUT2D eigenvalue weighted by Gasteiger charge is 2.57. The number of aliphatic hydroxyl groups excluding tert-OH is 1. The molecule has 0 bridgehead atoms. The van der Waals surface area contributed by atoms with Crippen molar-refractivity contribution in [2.75, 3.05) is 6.61 Å². The van der Waals surface area contributed by atoms with Gasteiger partial charge in [-0.05, 0) is 11.8 Å². The average molecular weight is 152 g/mol. The summed E-state index contributed by atoms with van der Waals surface area (Å²) in [6.45, 7) is 4.27. The lowest BCUT2D eigenvalue weighted by Crippen LogP contribution is -2.32. The van der Waals surface area contributed by atoms with Crippen molar-refractivity contribution in [1.82, 2.24) is 0 Å². The van der Waals surface area contributed by atoms with E-state index in [0.717, 1.165) is 6.42 Å². The minimum atomic E-state index is -0.257. The Labute approximate surface area is 61.8 Å². The molecule has 0 spiro atoms. The number of nitrogens with two attached hydrogens (primary N) is 1. The van der Waals surface area contributed by atoms with Crippen molar-refractivity contribution in [2.24, 2.45) is 11.1 Å². The zero-order valence-corrected chi connectivity index (χ0v) is 6.66. The molecular weight excluding hydrogens is 138 g/mol. The van der Waals surface area contributed by atoms with E-state index < -0.39 is 0 Å². The lowest BCUT2D eigenvalue weighted by molar-refractivity contribution is 0.234. The van der Waals surface area contributed by atoms with Crippen molar-refractivity contribution in [3.05, 3.63) is 0 Å². The molecule has 1 aliphatic rings. The maximum Gasteiger partial charge on any atom is 0.0616 e. The fourth-order valence-electron chi connectivity index (χ4n) is 1.01. The predicted octanol–water partition coefficient (Wildman–Crippen LogP) is 0.528. The summed E-state index contributed by atoms with van der Waals surface area (Å²) in [5.74, 6) is 0. The Morgan fingerprint density at radius 1 is 1.56 bits per heavy atom. The molecule has 3 heteroatoms. The van der Waals surface area contributed by atoms with Gasteiger partial charge in [-0.2, -0.15) is 0 Å². The van der Waals surface area contributed by atoms with Crippen LogP contribution in [-0.2, 0) is 0 Å². The third-order valence-electron chi connectivity index (χ3n) is 2.26. The summed E-state index contributed by atoms with van der Waals surface area (Å²) in [5, 5.41) is 8.68. The average Bonchev–Trinajstić information content (AvgIpc) is 2.10. The third kappa shape index (κ3) is 1.20. The Bertz CT molecular complexity index is 116. The smallest absolute Gasteiger partial charge is 0.0616 e. The molecule has 1 rings (SSSR count). The summed E-state index contributed by atoms with van der Waals surface area (Å²) in [7, 11) is 0. The predicted molar refractivity (Wildman–Crippen MR) is 39.7 cm³/mol. The van der Waals surface area contributed by atoms with E-state index in [1.165, 1.54) is 0 Å². The van der Waals surface area contributed by atoms with E-state index in [9.17, 15) is 0 Å². The monoisotopic (exact) mass is 151 g/mol. The fourth-order valence-corrected chi connectivity index (χ4v) is 1.01. The summed E-state index contributed by atoms with van der Waals surface area (Å²) in [6.07, 6.45) is 0.955. The van der Waals surface area contributed by atoms with Crippen molar-refractivity contribution < 1.29 is 5.11 Å². The van der Waals surface area contributed by atoms with Crippen LogP contribution in [0.1, 0.15) is 20.3 Å². The molecule has 1 fully saturated rings. The first-order chi connectivity index (χ1) is 3.52. The molecule has 1 aliphatic carbocycles. The standard InChI is InChI=1S/C6H13NO.ClH/c1-5(2)3-6(5,7)4-8;/h8H,3-4,7H2,1-2H3;1H. The number of halogens is 1. The molecule has 9 heavy (non-hydrogen) atoms. The van der Waals surface area contributed by atoms with Crippen molar-refractivity contribution in [3.8, 4) is 0 Å². The van der Waals surface area contributed by atoms with E-state index in [4.69, 9.17) is 10.8 Å². The maximum absolute atomic E-state index is 8.68. The first-order valence-corrected chi connectivity index (χ1v) is 2.92. The fraction of sp³-hybridized carbons (Fsp3) is 1.00. The molecule has 0 aromatic rings. The van der Waals surface area contributed by atoms with Gasteiger partial charge in [-0.1, -0.05) is 13.8 Å². The van der Waals surface area contributed by atoms with Gasteiger partial charge in [-0.25, -0.2) is 0 Å². The minimum absolute atomic E-state index is 0. The van der Waals surface area contributed by atoms with Crippen LogP contribution < -0.4 is 5.73 Å². The summed E-state index contributed by atoms with van der Waals surface area (Å²) in [4.78, 5) is 0. The van der Waals surface area contributed by atoms with Crippen molar-refractivity contribution in [2.45, 2.75) is 25.8 Å². The topological polar surface area (TPSA) is 46.2 Å². The van der Waals surface area contributed by atoms with Gasteiger partial charge in [0.05, 0.1) is 6.61 Å². The molecule has 0 aliphatic heterocycles. The van der Waals surface area contributed by atoms with Crippen LogP contribution >= 0.6 is 12.4 Å². The molecule has 0 radical (unpaired) electrons.